The summed E-state index contributed by atoms with van der Waals surface area (Å²) in [5, 5.41) is 18.4. The highest BCUT2D eigenvalue weighted by atomic mass is 16.5. The molecule has 1 amide bonds. The Kier molecular flexibility index (Phi) is 7.78. The fraction of sp³-hybridized carbons (Fsp3) is 0.611. The van der Waals surface area contributed by atoms with Crippen LogP contribution >= 0.6 is 0 Å². The zero-order valence-electron chi connectivity index (χ0n) is 15.3. The summed E-state index contributed by atoms with van der Waals surface area (Å²) in [4.78, 5) is 20.6. The number of ether oxygens (including phenoxy) is 2. The molecule has 0 spiro atoms. The molecule has 1 aromatic rings. The molecule has 0 radical (unpaired) electrons. The number of amides is 1. The second-order valence-corrected chi connectivity index (χ2v) is 6.34. The van der Waals surface area contributed by atoms with Gasteiger partial charge in [0, 0.05) is 39.5 Å². The Morgan fingerprint density at radius 3 is 2.65 bits per heavy atom. The Bertz CT molecular complexity index is 609. The lowest BCUT2D eigenvalue weighted by atomic mass is 10.2. The molecule has 1 fully saturated rings. The highest BCUT2D eigenvalue weighted by Gasteiger charge is 2.23. The van der Waals surface area contributed by atoms with Crippen molar-refractivity contribution in [3.63, 3.8) is 0 Å². The first-order valence-electron chi connectivity index (χ1n) is 8.71. The van der Waals surface area contributed by atoms with Crippen molar-refractivity contribution >= 4 is 11.7 Å². The minimum absolute atomic E-state index is 0.0474. The summed E-state index contributed by atoms with van der Waals surface area (Å²) in [5.41, 5.74) is 0.534. The van der Waals surface area contributed by atoms with Gasteiger partial charge in [0.15, 0.2) is 0 Å². The standard InChI is InChI=1S/C18H26N4O4/c1-14(26-13-16(23)12-25-2)9-18(24)22-7-5-21(6-8-22)17-4-3-15(10-19)11-20-17/h3-4,11,14,16,23H,5-9,12-13H2,1-2H3. The van der Waals surface area contributed by atoms with Crippen LogP contribution in [0.1, 0.15) is 18.9 Å². The van der Waals surface area contributed by atoms with Crippen molar-refractivity contribution < 1.29 is 19.4 Å². The number of aromatic nitrogens is 1. The van der Waals surface area contributed by atoms with E-state index in [4.69, 9.17) is 14.7 Å². The van der Waals surface area contributed by atoms with Gasteiger partial charge in [-0.3, -0.25) is 4.79 Å². The number of methoxy groups -OCH3 is 1. The summed E-state index contributed by atoms with van der Waals surface area (Å²) in [6, 6.07) is 5.63. The number of rotatable bonds is 8. The van der Waals surface area contributed by atoms with Crippen LogP contribution in [-0.4, -0.2) is 79.6 Å². The van der Waals surface area contributed by atoms with Crippen LogP contribution in [0.25, 0.3) is 0 Å². The maximum Gasteiger partial charge on any atom is 0.225 e. The van der Waals surface area contributed by atoms with E-state index in [1.165, 1.54) is 7.11 Å². The van der Waals surface area contributed by atoms with Gasteiger partial charge in [-0.25, -0.2) is 4.98 Å². The molecule has 0 saturated carbocycles. The van der Waals surface area contributed by atoms with Gasteiger partial charge in [-0.15, -0.1) is 0 Å². The van der Waals surface area contributed by atoms with E-state index >= 15 is 0 Å². The van der Waals surface area contributed by atoms with Crippen LogP contribution in [0.2, 0.25) is 0 Å². The molecule has 1 N–H and O–H groups in total. The summed E-state index contributed by atoms with van der Waals surface area (Å²) in [5.74, 6) is 0.867. The van der Waals surface area contributed by atoms with Crippen molar-refractivity contribution in [2.24, 2.45) is 0 Å². The van der Waals surface area contributed by atoms with E-state index in [1.54, 1.807) is 12.3 Å². The highest BCUT2D eigenvalue weighted by molar-refractivity contribution is 5.77. The van der Waals surface area contributed by atoms with Crippen molar-refractivity contribution in [2.45, 2.75) is 25.6 Å². The first-order valence-corrected chi connectivity index (χ1v) is 8.71. The van der Waals surface area contributed by atoms with Crippen LogP contribution in [0.3, 0.4) is 0 Å². The first-order chi connectivity index (χ1) is 12.5. The summed E-state index contributed by atoms with van der Waals surface area (Å²) >= 11 is 0. The van der Waals surface area contributed by atoms with Gasteiger partial charge in [0.2, 0.25) is 5.91 Å². The number of nitriles is 1. The highest BCUT2D eigenvalue weighted by Crippen LogP contribution is 2.15. The molecule has 2 heterocycles. The Hall–Kier alpha value is -2.21. The summed E-state index contributed by atoms with van der Waals surface area (Å²) in [7, 11) is 1.52. The number of anilines is 1. The van der Waals surface area contributed by atoms with Crippen molar-refractivity contribution in [3.8, 4) is 6.07 Å². The second kappa shape index (κ2) is 10.1. The number of carbonyl (C=O) groups excluding carboxylic acids is 1. The average Bonchev–Trinajstić information content (AvgIpc) is 2.67. The predicted octanol–water partition coefficient (Wildman–Crippen LogP) is 0.404. The molecule has 1 saturated heterocycles. The van der Waals surface area contributed by atoms with Crippen LogP contribution < -0.4 is 4.90 Å². The molecule has 142 valence electrons. The van der Waals surface area contributed by atoms with Gasteiger partial charge >= 0.3 is 0 Å². The van der Waals surface area contributed by atoms with Crippen LogP contribution in [-0.2, 0) is 14.3 Å². The molecule has 8 heteroatoms. The SMILES string of the molecule is COCC(O)COC(C)CC(=O)N1CCN(c2ccc(C#N)cn2)CC1. The average molecular weight is 362 g/mol. The molecule has 2 unspecified atom stereocenters. The van der Waals surface area contributed by atoms with E-state index in [0.29, 0.717) is 31.7 Å². The first kappa shape index (κ1) is 20.1. The van der Waals surface area contributed by atoms with Crippen LogP contribution in [0.5, 0.6) is 0 Å². The number of hydrogen-bond donors (Lipinski definition) is 1. The Labute approximate surface area is 153 Å². The summed E-state index contributed by atoms with van der Waals surface area (Å²) < 4.78 is 10.3. The third kappa shape index (κ3) is 5.95. The fourth-order valence-corrected chi connectivity index (χ4v) is 2.77. The lowest BCUT2D eigenvalue weighted by Gasteiger charge is -2.35. The quantitative estimate of drug-likeness (QED) is 0.715. The van der Waals surface area contributed by atoms with Gasteiger partial charge in [-0.2, -0.15) is 5.26 Å². The van der Waals surface area contributed by atoms with Crippen molar-refractivity contribution in [1.29, 1.82) is 5.26 Å². The predicted molar refractivity (Wildman–Crippen MR) is 95.7 cm³/mol. The molecule has 8 nitrogen and oxygen atoms in total. The minimum Gasteiger partial charge on any atom is -0.388 e. The van der Waals surface area contributed by atoms with E-state index in [9.17, 15) is 9.90 Å². The van der Waals surface area contributed by atoms with Gasteiger partial charge in [-0.1, -0.05) is 0 Å². The third-order valence-corrected chi connectivity index (χ3v) is 4.23. The van der Waals surface area contributed by atoms with Gasteiger partial charge in [-0.05, 0) is 19.1 Å². The maximum absolute atomic E-state index is 12.4. The summed E-state index contributed by atoms with van der Waals surface area (Å²) in [6.07, 6.45) is 0.909. The number of hydrogen-bond acceptors (Lipinski definition) is 7. The largest absolute Gasteiger partial charge is 0.388 e. The molecule has 1 aliphatic rings. The molecular weight excluding hydrogens is 336 g/mol. The zero-order chi connectivity index (χ0) is 18.9. The Balaban J connectivity index is 1.74. The normalized spacial score (nSPS) is 16.8. The van der Waals surface area contributed by atoms with E-state index in [-0.39, 0.29) is 31.6 Å². The van der Waals surface area contributed by atoms with Crippen LogP contribution in [0.15, 0.2) is 18.3 Å². The molecule has 0 aliphatic carbocycles. The zero-order valence-corrected chi connectivity index (χ0v) is 15.3. The molecule has 2 atom stereocenters. The number of aliphatic hydroxyl groups is 1. The number of piperazine rings is 1. The van der Waals surface area contributed by atoms with Gasteiger partial charge in [0.05, 0.1) is 31.3 Å². The van der Waals surface area contributed by atoms with E-state index in [0.717, 1.165) is 5.82 Å². The smallest absolute Gasteiger partial charge is 0.225 e. The maximum atomic E-state index is 12.4. The van der Waals surface area contributed by atoms with Crippen LogP contribution in [0, 0.1) is 11.3 Å². The number of carbonyl (C=O) groups is 1. The molecular formula is C18H26N4O4. The van der Waals surface area contributed by atoms with E-state index < -0.39 is 6.10 Å². The molecule has 26 heavy (non-hydrogen) atoms. The molecule has 1 aromatic heterocycles. The molecule has 0 aromatic carbocycles. The Morgan fingerprint density at radius 1 is 1.35 bits per heavy atom. The van der Waals surface area contributed by atoms with Crippen LogP contribution in [0.4, 0.5) is 5.82 Å². The fourth-order valence-electron chi connectivity index (χ4n) is 2.77. The number of aliphatic hydroxyl groups excluding tert-OH is 1. The molecule has 2 rings (SSSR count). The van der Waals surface area contributed by atoms with Gasteiger partial charge in [0.1, 0.15) is 18.0 Å². The number of pyridine rings is 1. The molecule has 1 aliphatic heterocycles. The van der Waals surface area contributed by atoms with E-state index in [1.807, 2.05) is 17.9 Å². The number of nitrogens with zero attached hydrogens (tertiary/aromatic N) is 4. The van der Waals surface area contributed by atoms with Gasteiger partial charge in [0.25, 0.3) is 0 Å². The second-order valence-electron chi connectivity index (χ2n) is 6.34. The van der Waals surface area contributed by atoms with Crippen molar-refractivity contribution in [2.75, 3.05) is 51.4 Å². The van der Waals surface area contributed by atoms with Crippen molar-refractivity contribution in [3.05, 3.63) is 23.9 Å². The molecule has 0 bridgehead atoms. The van der Waals surface area contributed by atoms with E-state index in [2.05, 4.69) is 16.0 Å². The lowest BCUT2D eigenvalue weighted by Crippen LogP contribution is -2.49. The third-order valence-electron chi connectivity index (χ3n) is 4.23. The monoisotopic (exact) mass is 362 g/mol. The Morgan fingerprint density at radius 2 is 2.08 bits per heavy atom. The summed E-state index contributed by atoms with van der Waals surface area (Å²) in [6.45, 7) is 4.85. The minimum atomic E-state index is -0.680. The lowest BCUT2D eigenvalue weighted by molar-refractivity contribution is -0.135. The van der Waals surface area contributed by atoms with Gasteiger partial charge < -0.3 is 24.4 Å². The van der Waals surface area contributed by atoms with Crippen molar-refractivity contribution in [1.82, 2.24) is 9.88 Å². The topological polar surface area (TPSA) is 98.9 Å².